The van der Waals surface area contributed by atoms with Gasteiger partial charge in [-0.2, -0.15) is 0 Å². The van der Waals surface area contributed by atoms with Crippen LogP contribution in [0.2, 0.25) is 0 Å². The van der Waals surface area contributed by atoms with Crippen molar-refractivity contribution < 1.29 is 14.7 Å². The molecular formula is C13H18N2O3. The van der Waals surface area contributed by atoms with E-state index >= 15 is 0 Å². The second kappa shape index (κ2) is 6.16. The zero-order valence-corrected chi connectivity index (χ0v) is 10.5. The van der Waals surface area contributed by atoms with E-state index in [1.165, 1.54) is 6.07 Å². The molecule has 0 aromatic heterocycles. The largest absolute Gasteiger partial charge is 0.478 e. The molecular weight excluding hydrogens is 232 g/mol. The molecule has 5 heteroatoms. The van der Waals surface area contributed by atoms with Crippen molar-refractivity contribution in [3.05, 3.63) is 29.8 Å². The highest BCUT2D eigenvalue weighted by Gasteiger charge is 2.17. The number of nitrogens with two attached hydrogens (primary N) is 1. The molecule has 0 aliphatic heterocycles. The minimum absolute atomic E-state index is 0.0580. The summed E-state index contributed by atoms with van der Waals surface area (Å²) in [5.74, 6) is -1.14. The molecule has 1 atom stereocenters. The third kappa shape index (κ3) is 3.85. The summed E-state index contributed by atoms with van der Waals surface area (Å²) in [7, 11) is 0. The highest BCUT2D eigenvalue weighted by atomic mass is 16.4. The van der Waals surface area contributed by atoms with Gasteiger partial charge < -0.3 is 16.2 Å². The molecule has 0 fully saturated rings. The molecule has 1 rings (SSSR count). The summed E-state index contributed by atoms with van der Waals surface area (Å²) in [5.41, 5.74) is 6.06. The fourth-order valence-corrected chi connectivity index (χ4v) is 1.62. The van der Waals surface area contributed by atoms with E-state index in [1.807, 2.05) is 13.8 Å². The number of carboxylic acids is 1. The first-order valence-corrected chi connectivity index (χ1v) is 5.80. The van der Waals surface area contributed by atoms with Crippen molar-refractivity contribution in [2.45, 2.75) is 26.3 Å². The number of carbonyl (C=O) groups excluding carboxylic acids is 1. The van der Waals surface area contributed by atoms with Crippen LogP contribution < -0.4 is 11.1 Å². The van der Waals surface area contributed by atoms with Crippen molar-refractivity contribution >= 4 is 17.6 Å². The number of para-hydroxylation sites is 1. The summed E-state index contributed by atoms with van der Waals surface area (Å²) in [6.45, 7) is 3.94. The van der Waals surface area contributed by atoms with Crippen LogP contribution >= 0.6 is 0 Å². The summed E-state index contributed by atoms with van der Waals surface area (Å²) in [4.78, 5) is 22.8. The van der Waals surface area contributed by atoms with Crippen molar-refractivity contribution in [1.82, 2.24) is 0 Å². The monoisotopic (exact) mass is 250 g/mol. The van der Waals surface area contributed by atoms with Crippen molar-refractivity contribution in [3.63, 3.8) is 0 Å². The van der Waals surface area contributed by atoms with E-state index in [0.717, 1.165) is 0 Å². The Labute approximate surface area is 106 Å². The molecule has 0 saturated heterocycles. The van der Waals surface area contributed by atoms with Gasteiger partial charge in [0.2, 0.25) is 5.91 Å². The van der Waals surface area contributed by atoms with Crippen LogP contribution in [0.5, 0.6) is 0 Å². The van der Waals surface area contributed by atoms with Crippen molar-refractivity contribution in [3.8, 4) is 0 Å². The first-order chi connectivity index (χ1) is 8.41. The zero-order valence-electron chi connectivity index (χ0n) is 10.5. The van der Waals surface area contributed by atoms with Crippen LogP contribution in [0.25, 0.3) is 0 Å². The summed E-state index contributed by atoms with van der Waals surface area (Å²) >= 11 is 0. The van der Waals surface area contributed by atoms with Gasteiger partial charge in [-0.15, -0.1) is 0 Å². The maximum atomic E-state index is 11.8. The Balaban J connectivity index is 2.79. The van der Waals surface area contributed by atoms with E-state index in [0.29, 0.717) is 12.3 Å². The Hall–Kier alpha value is -1.88. The summed E-state index contributed by atoms with van der Waals surface area (Å²) in [6, 6.07) is 5.62. The third-order valence-electron chi connectivity index (χ3n) is 2.48. The van der Waals surface area contributed by atoms with Crippen LogP contribution in [0.4, 0.5) is 5.69 Å². The van der Waals surface area contributed by atoms with Gasteiger partial charge in [0.25, 0.3) is 0 Å². The van der Waals surface area contributed by atoms with Gasteiger partial charge in [0.15, 0.2) is 0 Å². The normalized spacial score (nSPS) is 12.2. The molecule has 0 aliphatic carbocycles. The molecule has 5 nitrogen and oxygen atoms in total. The number of benzene rings is 1. The molecule has 0 radical (unpaired) electrons. The number of nitrogens with one attached hydrogen (secondary N) is 1. The Bertz CT molecular complexity index is 444. The molecule has 0 unspecified atom stereocenters. The first-order valence-electron chi connectivity index (χ1n) is 5.80. The lowest BCUT2D eigenvalue weighted by atomic mass is 10.0. The quantitative estimate of drug-likeness (QED) is 0.741. The van der Waals surface area contributed by atoms with Crippen molar-refractivity contribution in [2.75, 3.05) is 5.32 Å². The first kappa shape index (κ1) is 14.2. The van der Waals surface area contributed by atoms with Crippen LogP contribution in [0, 0.1) is 5.92 Å². The van der Waals surface area contributed by atoms with E-state index in [9.17, 15) is 9.59 Å². The van der Waals surface area contributed by atoms with Crippen LogP contribution in [0.15, 0.2) is 24.3 Å². The van der Waals surface area contributed by atoms with E-state index in [1.54, 1.807) is 18.2 Å². The molecule has 1 aromatic carbocycles. The van der Waals surface area contributed by atoms with Gasteiger partial charge in [-0.3, -0.25) is 4.79 Å². The maximum Gasteiger partial charge on any atom is 0.337 e. The predicted molar refractivity (Wildman–Crippen MR) is 69.5 cm³/mol. The molecule has 0 bridgehead atoms. The Morgan fingerprint density at radius 1 is 1.33 bits per heavy atom. The molecule has 1 amide bonds. The molecule has 4 N–H and O–H groups in total. The van der Waals surface area contributed by atoms with Gasteiger partial charge in [0.1, 0.15) is 0 Å². The zero-order chi connectivity index (χ0) is 13.7. The lowest BCUT2D eigenvalue weighted by Gasteiger charge is -2.15. The number of hydrogen-bond donors (Lipinski definition) is 3. The van der Waals surface area contributed by atoms with E-state index in [2.05, 4.69) is 5.32 Å². The van der Waals surface area contributed by atoms with E-state index in [4.69, 9.17) is 10.8 Å². The number of anilines is 1. The average molecular weight is 250 g/mol. The van der Waals surface area contributed by atoms with Gasteiger partial charge in [0.05, 0.1) is 17.3 Å². The minimum Gasteiger partial charge on any atom is -0.478 e. The van der Waals surface area contributed by atoms with Gasteiger partial charge >= 0.3 is 5.97 Å². The molecule has 1 aromatic rings. The third-order valence-corrected chi connectivity index (χ3v) is 2.48. The van der Waals surface area contributed by atoms with Crippen LogP contribution in [0.1, 0.15) is 30.6 Å². The second-order valence-electron chi connectivity index (χ2n) is 4.58. The topological polar surface area (TPSA) is 92.4 Å². The lowest BCUT2D eigenvalue weighted by Crippen LogP contribution is -2.37. The average Bonchev–Trinajstić information content (AvgIpc) is 2.28. The van der Waals surface area contributed by atoms with E-state index in [-0.39, 0.29) is 17.2 Å². The van der Waals surface area contributed by atoms with E-state index < -0.39 is 12.0 Å². The fourth-order valence-electron chi connectivity index (χ4n) is 1.62. The summed E-state index contributed by atoms with van der Waals surface area (Å²) < 4.78 is 0. The SMILES string of the molecule is CC(C)C[C@H](N)C(=O)Nc1ccccc1C(=O)O. The maximum absolute atomic E-state index is 11.8. The van der Waals surface area contributed by atoms with Crippen LogP contribution in [0.3, 0.4) is 0 Å². The molecule has 18 heavy (non-hydrogen) atoms. The number of aromatic carboxylic acids is 1. The lowest BCUT2D eigenvalue weighted by molar-refractivity contribution is -0.117. The molecule has 98 valence electrons. The van der Waals surface area contributed by atoms with Gasteiger partial charge in [0, 0.05) is 0 Å². The molecule has 0 aliphatic rings. The van der Waals surface area contributed by atoms with Crippen LogP contribution in [-0.2, 0) is 4.79 Å². The van der Waals surface area contributed by atoms with Gasteiger partial charge in [-0.05, 0) is 24.5 Å². The number of carbonyl (C=O) groups is 2. The number of carboxylic acid groups (broad SMARTS) is 1. The number of rotatable bonds is 5. The van der Waals surface area contributed by atoms with Gasteiger partial charge in [-0.1, -0.05) is 26.0 Å². The fraction of sp³-hybridized carbons (Fsp3) is 0.385. The smallest absolute Gasteiger partial charge is 0.337 e. The summed E-state index contributed by atoms with van der Waals surface area (Å²) in [5, 5.41) is 11.5. The Morgan fingerprint density at radius 3 is 2.50 bits per heavy atom. The second-order valence-corrected chi connectivity index (χ2v) is 4.58. The van der Waals surface area contributed by atoms with Crippen molar-refractivity contribution in [2.24, 2.45) is 11.7 Å². The molecule has 0 heterocycles. The number of hydrogen-bond acceptors (Lipinski definition) is 3. The number of amides is 1. The van der Waals surface area contributed by atoms with Crippen LogP contribution in [-0.4, -0.2) is 23.0 Å². The van der Waals surface area contributed by atoms with Gasteiger partial charge in [-0.25, -0.2) is 4.79 Å². The Kier molecular flexibility index (Phi) is 4.85. The van der Waals surface area contributed by atoms with Crippen molar-refractivity contribution in [1.29, 1.82) is 0 Å². The molecule has 0 spiro atoms. The standard InChI is InChI=1S/C13H18N2O3/c1-8(2)7-10(14)12(16)15-11-6-4-3-5-9(11)13(17)18/h3-6,8,10H,7,14H2,1-2H3,(H,15,16)(H,17,18)/t10-/m0/s1. The summed E-state index contributed by atoms with van der Waals surface area (Å²) in [6.07, 6.45) is 0.557. The minimum atomic E-state index is -1.08. The predicted octanol–water partition coefficient (Wildman–Crippen LogP) is 1.70. The highest BCUT2D eigenvalue weighted by molar-refractivity contribution is 6.02. The highest BCUT2D eigenvalue weighted by Crippen LogP contribution is 2.15. The molecule has 0 saturated carbocycles. The Morgan fingerprint density at radius 2 is 1.94 bits per heavy atom.